The van der Waals surface area contributed by atoms with Crippen molar-refractivity contribution in [1.82, 2.24) is 9.78 Å². The van der Waals surface area contributed by atoms with Gasteiger partial charge in [0.15, 0.2) is 15.6 Å². The van der Waals surface area contributed by atoms with Crippen LogP contribution in [0.1, 0.15) is 34.1 Å². The van der Waals surface area contributed by atoms with Gasteiger partial charge in [-0.3, -0.25) is 4.79 Å². The molecule has 0 aliphatic carbocycles. The average Bonchev–Trinajstić information content (AvgIpc) is 3.04. The molecule has 0 spiro atoms. The van der Waals surface area contributed by atoms with Crippen LogP contribution in [0.25, 0.3) is 6.08 Å². The van der Waals surface area contributed by atoms with Gasteiger partial charge in [-0.1, -0.05) is 17.7 Å². The van der Waals surface area contributed by atoms with Crippen molar-refractivity contribution in [2.45, 2.75) is 19.4 Å². The zero-order valence-corrected chi connectivity index (χ0v) is 15.3. The van der Waals surface area contributed by atoms with Gasteiger partial charge in [0.05, 0.1) is 28.8 Å². The lowest BCUT2D eigenvalue weighted by molar-refractivity contribution is 0.104. The van der Waals surface area contributed by atoms with Crippen molar-refractivity contribution in [2.75, 3.05) is 11.5 Å². The number of ketones is 1. The molecule has 0 amide bonds. The third kappa shape index (κ3) is 3.57. The SMILES string of the molecule is Cc1nn([C@H]2CCS(=O)(=O)C2)c(Cl)c1/C=C/C(=O)c1c(F)cccc1F. The largest absolute Gasteiger partial charge is 0.289 e. The molecule has 1 aliphatic heterocycles. The van der Waals surface area contributed by atoms with Gasteiger partial charge in [-0.15, -0.1) is 0 Å². The maximum Gasteiger partial charge on any atom is 0.191 e. The molecular weight excluding hydrogens is 386 g/mol. The van der Waals surface area contributed by atoms with Crippen LogP contribution in [-0.4, -0.2) is 35.5 Å². The molecule has 0 radical (unpaired) electrons. The summed E-state index contributed by atoms with van der Waals surface area (Å²) in [6.45, 7) is 1.65. The molecule has 0 bridgehead atoms. The standard InChI is InChI=1S/C17H15ClF2N2O3S/c1-10-12(5-6-15(23)16-13(19)3-2-4-14(16)20)17(18)22(21-10)11-7-8-26(24,25)9-11/h2-6,11H,7-9H2,1H3/b6-5+/t11-/m0/s1. The Balaban J connectivity index is 1.89. The highest BCUT2D eigenvalue weighted by Gasteiger charge is 2.31. The number of nitrogens with zero attached hydrogens (tertiary/aromatic N) is 2. The smallest absolute Gasteiger partial charge is 0.191 e. The second-order valence-electron chi connectivity index (χ2n) is 6.09. The minimum absolute atomic E-state index is 0.0453. The predicted molar refractivity (Wildman–Crippen MR) is 94.0 cm³/mol. The summed E-state index contributed by atoms with van der Waals surface area (Å²) in [5.41, 5.74) is 0.241. The van der Waals surface area contributed by atoms with Gasteiger partial charge in [-0.25, -0.2) is 21.9 Å². The number of sulfone groups is 1. The Morgan fingerprint density at radius 3 is 2.58 bits per heavy atom. The molecular formula is C17H15ClF2N2O3S. The second kappa shape index (κ2) is 6.92. The van der Waals surface area contributed by atoms with Crippen LogP contribution in [0, 0.1) is 18.6 Å². The molecule has 1 fully saturated rings. The van der Waals surface area contributed by atoms with Gasteiger partial charge in [0.1, 0.15) is 16.8 Å². The molecule has 3 rings (SSSR count). The fourth-order valence-electron chi connectivity index (χ4n) is 2.91. The van der Waals surface area contributed by atoms with Crippen LogP contribution in [0.3, 0.4) is 0 Å². The zero-order chi connectivity index (χ0) is 19.1. The first-order valence-electron chi connectivity index (χ1n) is 7.81. The monoisotopic (exact) mass is 400 g/mol. The van der Waals surface area contributed by atoms with Crippen molar-refractivity contribution in [3.05, 3.63) is 57.9 Å². The van der Waals surface area contributed by atoms with Crippen molar-refractivity contribution in [3.8, 4) is 0 Å². The van der Waals surface area contributed by atoms with E-state index in [0.717, 1.165) is 18.2 Å². The van der Waals surface area contributed by atoms with Crippen molar-refractivity contribution >= 4 is 33.3 Å². The summed E-state index contributed by atoms with van der Waals surface area (Å²) in [6, 6.07) is 2.81. The fraction of sp³-hybridized carbons (Fsp3) is 0.294. The first kappa shape index (κ1) is 18.7. The lowest BCUT2D eigenvalue weighted by Gasteiger charge is -2.09. The third-order valence-electron chi connectivity index (χ3n) is 4.24. The molecule has 2 heterocycles. The Morgan fingerprint density at radius 2 is 2.00 bits per heavy atom. The molecule has 5 nitrogen and oxygen atoms in total. The summed E-state index contributed by atoms with van der Waals surface area (Å²) in [7, 11) is -3.11. The maximum absolute atomic E-state index is 13.7. The zero-order valence-electron chi connectivity index (χ0n) is 13.7. The number of rotatable bonds is 4. The van der Waals surface area contributed by atoms with E-state index in [-0.39, 0.29) is 22.7 Å². The number of aromatic nitrogens is 2. The van der Waals surface area contributed by atoms with Gasteiger partial charge >= 0.3 is 0 Å². The number of aryl methyl sites for hydroxylation is 1. The van der Waals surface area contributed by atoms with E-state index in [1.54, 1.807) is 6.92 Å². The van der Waals surface area contributed by atoms with E-state index in [2.05, 4.69) is 5.10 Å². The number of carbonyl (C=O) groups excluding carboxylic acids is 1. The van der Waals surface area contributed by atoms with Gasteiger partial charge in [0.25, 0.3) is 0 Å². The van der Waals surface area contributed by atoms with Gasteiger partial charge in [-0.05, 0) is 37.6 Å². The highest BCUT2D eigenvalue weighted by atomic mass is 35.5. The fourth-order valence-corrected chi connectivity index (χ4v) is 4.97. The molecule has 0 N–H and O–H groups in total. The van der Waals surface area contributed by atoms with Crippen LogP contribution in [0.5, 0.6) is 0 Å². The van der Waals surface area contributed by atoms with Gasteiger partial charge in [0, 0.05) is 5.56 Å². The highest BCUT2D eigenvalue weighted by molar-refractivity contribution is 7.91. The highest BCUT2D eigenvalue weighted by Crippen LogP contribution is 2.30. The molecule has 0 saturated carbocycles. The van der Waals surface area contributed by atoms with E-state index in [4.69, 9.17) is 11.6 Å². The molecule has 1 atom stereocenters. The quantitative estimate of drug-likeness (QED) is 0.582. The topological polar surface area (TPSA) is 69.0 Å². The predicted octanol–water partition coefficient (Wildman–Crippen LogP) is 3.38. The Hall–Kier alpha value is -2.06. The summed E-state index contributed by atoms with van der Waals surface area (Å²) >= 11 is 6.29. The van der Waals surface area contributed by atoms with Crippen LogP contribution in [-0.2, 0) is 9.84 Å². The summed E-state index contributed by atoms with van der Waals surface area (Å²) in [5.74, 6) is -2.71. The van der Waals surface area contributed by atoms with Crippen molar-refractivity contribution < 1.29 is 22.0 Å². The third-order valence-corrected chi connectivity index (χ3v) is 6.36. The molecule has 1 aliphatic rings. The van der Waals surface area contributed by atoms with E-state index in [1.807, 2.05) is 0 Å². The van der Waals surface area contributed by atoms with Crippen molar-refractivity contribution in [1.29, 1.82) is 0 Å². The number of halogens is 3. The lowest BCUT2D eigenvalue weighted by atomic mass is 10.1. The number of allylic oxidation sites excluding steroid dienone is 1. The summed E-state index contributed by atoms with van der Waals surface area (Å²) in [5, 5.41) is 4.44. The first-order chi connectivity index (χ1) is 12.2. The maximum atomic E-state index is 13.7. The summed E-state index contributed by atoms with van der Waals surface area (Å²) < 4.78 is 52.0. The normalized spacial score (nSPS) is 19.3. The number of hydrogen-bond donors (Lipinski definition) is 0. The van der Waals surface area contributed by atoms with Gasteiger partial charge in [0.2, 0.25) is 0 Å². The van der Waals surface area contributed by atoms with E-state index < -0.39 is 32.8 Å². The number of carbonyl (C=O) groups is 1. The van der Waals surface area contributed by atoms with E-state index in [1.165, 1.54) is 16.8 Å². The van der Waals surface area contributed by atoms with Gasteiger partial charge in [-0.2, -0.15) is 5.10 Å². The Morgan fingerprint density at radius 1 is 1.35 bits per heavy atom. The van der Waals surface area contributed by atoms with Crippen LogP contribution in [0.15, 0.2) is 24.3 Å². The average molecular weight is 401 g/mol. The van der Waals surface area contributed by atoms with Crippen molar-refractivity contribution in [2.24, 2.45) is 0 Å². The Kier molecular flexibility index (Phi) is 4.98. The molecule has 9 heteroatoms. The number of benzene rings is 1. The molecule has 138 valence electrons. The van der Waals surface area contributed by atoms with Crippen LogP contribution < -0.4 is 0 Å². The minimum Gasteiger partial charge on any atom is -0.289 e. The van der Waals surface area contributed by atoms with Crippen LogP contribution in [0.4, 0.5) is 8.78 Å². The molecule has 1 aromatic carbocycles. The molecule has 0 unspecified atom stereocenters. The molecule has 1 aromatic heterocycles. The van der Waals surface area contributed by atoms with Crippen LogP contribution in [0.2, 0.25) is 5.15 Å². The minimum atomic E-state index is -3.11. The molecule has 26 heavy (non-hydrogen) atoms. The summed E-state index contributed by atoms with van der Waals surface area (Å²) in [4.78, 5) is 12.1. The van der Waals surface area contributed by atoms with E-state index in [9.17, 15) is 22.0 Å². The van der Waals surface area contributed by atoms with Gasteiger partial charge < -0.3 is 0 Å². The van der Waals surface area contributed by atoms with E-state index >= 15 is 0 Å². The Bertz CT molecular complexity index is 995. The van der Waals surface area contributed by atoms with E-state index in [0.29, 0.717) is 17.7 Å². The van der Waals surface area contributed by atoms with Crippen molar-refractivity contribution in [3.63, 3.8) is 0 Å². The summed E-state index contributed by atoms with van der Waals surface area (Å²) in [6.07, 6.45) is 2.76. The van der Waals surface area contributed by atoms with Crippen LogP contribution >= 0.6 is 11.6 Å². The Labute approximate surface area is 154 Å². The molecule has 1 saturated heterocycles. The number of hydrogen-bond acceptors (Lipinski definition) is 4. The second-order valence-corrected chi connectivity index (χ2v) is 8.67. The lowest BCUT2D eigenvalue weighted by Crippen LogP contribution is -2.12. The molecule has 2 aromatic rings. The first-order valence-corrected chi connectivity index (χ1v) is 10.0.